The summed E-state index contributed by atoms with van der Waals surface area (Å²) in [6, 6.07) is 33.4. The van der Waals surface area contributed by atoms with Gasteiger partial charge in [0, 0.05) is 34.8 Å². The lowest BCUT2D eigenvalue weighted by atomic mass is 10.1. The van der Waals surface area contributed by atoms with E-state index in [0.29, 0.717) is 6.04 Å². The van der Waals surface area contributed by atoms with Crippen LogP contribution in [0.1, 0.15) is 25.6 Å². The molecule has 0 saturated heterocycles. The first-order chi connectivity index (χ1) is 19.1. The molecule has 0 spiro atoms. The summed E-state index contributed by atoms with van der Waals surface area (Å²) in [5.74, 6) is 2.41. The molecule has 39 heavy (non-hydrogen) atoms. The van der Waals surface area contributed by atoms with E-state index >= 15 is 0 Å². The van der Waals surface area contributed by atoms with Gasteiger partial charge < -0.3 is 4.74 Å². The van der Waals surface area contributed by atoms with Crippen molar-refractivity contribution in [3.63, 3.8) is 0 Å². The van der Waals surface area contributed by atoms with Gasteiger partial charge in [-0.25, -0.2) is 14.5 Å². The van der Waals surface area contributed by atoms with E-state index in [0.717, 1.165) is 56.3 Å². The van der Waals surface area contributed by atoms with Crippen molar-refractivity contribution in [3.05, 3.63) is 115 Å². The number of nitrogens with zero attached hydrogens (tertiary/aromatic N) is 5. The molecule has 0 aliphatic rings. The van der Waals surface area contributed by atoms with Crippen molar-refractivity contribution in [1.29, 1.82) is 0 Å². The minimum Gasteiger partial charge on any atom is -0.457 e. The normalized spacial score (nSPS) is 11.7. The molecule has 0 aliphatic carbocycles. The zero-order chi connectivity index (χ0) is 26.5. The molecule has 0 aliphatic heterocycles. The number of aryl methyl sites for hydroxylation is 1. The van der Waals surface area contributed by atoms with E-state index in [9.17, 15) is 0 Å². The van der Waals surface area contributed by atoms with Gasteiger partial charge in [0.2, 0.25) is 0 Å². The summed E-state index contributed by atoms with van der Waals surface area (Å²) in [4.78, 5) is 9.49. The molecule has 0 N–H and O–H groups in total. The fraction of sp³-hybridized carbons (Fsp3) is 0.121. The summed E-state index contributed by atoms with van der Waals surface area (Å²) in [5, 5.41) is 2.35. The maximum Gasteiger partial charge on any atom is 0.273 e. The van der Waals surface area contributed by atoms with Crippen LogP contribution in [0.3, 0.4) is 0 Å². The molecule has 3 aromatic carbocycles. The molecule has 0 radical (unpaired) electrons. The van der Waals surface area contributed by atoms with Crippen molar-refractivity contribution in [2.45, 2.75) is 26.8 Å². The van der Waals surface area contributed by atoms with Gasteiger partial charge in [-0.2, -0.15) is 4.57 Å². The zero-order valence-corrected chi connectivity index (χ0v) is 22.1. The molecule has 0 atom stereocenters. The van der Waals surface area contributed by atoms with E-state index < -0.39 is 0 Å². The first-order valence-corrected chi connectivity index (χ1v) is 13.2. The second-order valence-corrected chi connectivity index (χ2v) is 10.1. The molecule has 4 aromatic heterocycles. The molecule has 7 aromatic rings. The Morgan fingerprint density at radius 1 is 0.769 bits per heavy atom. The summed E-state index contributed by atoms with van der Waals surface area (Å²) >= 11 is 0. The molecular formula is C33H28N5O+. The van der Waals surface area contributed by atoms with E-state index in [1.165, 1.54) is 5.39 Å². The Kier molecular flexibility index (Phi) is 5.40. The molecule has 7 rings (SSSR count). The highest BCUT2D eigenvalue weighted by atomic mass is 16.5. The van der Waals surface area contributed by atoms with E-state index in [2.05, 4.69) is 99.5 Å². The number of aromatic nitrogens is 5. The minimum absolute atomic E-state index is 0.315. The quantitative estimate of drug-likeness (QED) is 0.226. The van der Waals surface area contributed by atoms with Crippen molar-refractivity contribution in [1.82, 2.24) is 19.1 Å². The van der Waals surface area contributed by atoms with Crippen molar-refractivity contribution in [3.8, 4) is 23.0 Å². The maximum absolute atomic E-state index is 6.45. The Bertz CT molecular complexity index is 1980. The van der Waals surface area contributed by atoms with Gasteiger partial charge in [0.1, 0.15) is 23.0 Å². The Labute approximate surface area is 226 Å². The lowest BCUT2D eigenvalue weighted by Crippen LogP contribution is -2.34. The number of rotatable bonds is 5. The highest BCUT2D eigenvalue weighted by Gasteiger charge is 2.21. The Balaban J connectivity index is 1.32. The fourth-order valence-corrected chi connectivity index (χ4v) is 5.34. The highest BCUT2D eigenvalue weighted by Crippen LogP contribution is 2.35. The first-order valence-electron chi connectivity index (χ1n) is 13.2. The molecule has 0 saturated carbocycles. The van der Waals surface area contributed by atoms with Crippen LogP contribution in [0.15, 0.2) is 110 Å². The summed E-state index contributed by atoms with van der Waals surface area (Å²) < 4.78 is 13.0. The standard InChI is InChI=1S/C33H28N5O/c1-22(2)36-21-37(33-30(36)17-14-23(3)35-33)24-9-8-10-25(19-24)39-26-15-16-28-27-11-4-5-12-29(27)38(31(28)20-26)32-13-6-7-18-34-32/h4-22H,1-3H3/q+1. The summed E-state index contributed by atoms with van der Waals surface area (Å²) in [5.41, 5.74) is 6.20. The Morgan fingerprint density at radius 2 is 1.59 bits per heavy atom. The molecule has 0 unspecified atom stereocenters. The smallest absolute Gasteiger partial charge is 0.273 e. The van der Waals surface area contributed by atoms with Gasteiger partial charge in [0.05, 0.1) is 17.1 Å². The topological polar surface area (TPSA) is 48.8 Å². The average Bonchev–Trinajstić information content (AvgIpc) is 3.49. The number of fused-ring (bicyclic) bond motifs is 4. The summed E-state index contributed by atoms with van der Waals surface area (Å²) in [7, 11) is 0. The number of imidazole rings is 1. The lowest BCUT2D eigenvalue weighted by molar-refractivity contribution is -0.691. The average molecular weight is 511 g/mol. The largest absolute Gasteiger partial charge is 0.457 e. The number of hydrogen-bond donors (Lipinski definition) is 0. The second kappa shape index (κ2) is 9.10. The molecule has 4 heterocycles. The lowest BCUT2D eigenvalue weighted by Gasteiger charge is -2.09. The van der Waals surface area contributed by atoms with Gasteiger partial charge in [-0.05, 0) is 75.4 Å². The first kappa shape index (κ1) is 23.2. The monoisotopic (exact) mass is 510 g/mol. The van der Waals surface area contributed by atoms with E-state index in [1.807, 2.05) is 49.5 Å². The van der Waals surface area contributed by atoms with E-state index in [-0.39, 0.29) is 0 Å². The molecular weight excluding hydrogens is 482 g/mol. The van der Waals surface area contributed by atoms with Gasteiger partial charge in [-0.1, -0.05) is 30.3 Å². The molecule has 190 valence electrons. The summed E-state index contributed by atoms with van der Waals surface area (Å²) in [6.45, 7) is 6.39. The third kappa shape index (κ3) is 3.92. The number of benzene rings is 3. The zero-order valence-electron chi connectivity index (χ0n) is 22.1. The number of para-hydroxylation sites is 1. The van der Waals surface area contributed by atoms with Crippen LogP contribution < -0.4 is 9.30 Å². The molecule has 0 bridgehead atoms. The molecule has 6 nitrogen and oxygen atoms in total. The Hall–Kier alpha value is -4.97. The van der Waals surface area contributed by atoms with Crippen LogP contribution in [-0.4, -0.2) is 19.1 Å². The number of pyridine rings is 2. The van der Waals surface area contributed by atoms with Crippen LogP contribution in [0.2, 0.25) is 0 Å². The minimum atomic E-state index is 0.315. The van der Waals surface area contributed by atoms with Gasteiger partial charge >= 0.3 is 0 Å². The van der Waals surface area contributed by atoms with Gasteiger partial charge in [0.25, 0.3) is 12.0 Å². The second-order valence-electron chi connectivity index (χ2n) is 10.1. The third-order valence-corrected chi connectivity index (χ3v) is 7.15. The van der Waals surface area contributed by atoms with E-state index in [1.54, 1.807) is 0 Å². The predicted octanol–water partition coefficient (Wildman–Crippen LogP) is 7.49. The molecule has 0 fully saturated rings. The molecule has 0 amide bonds. The van der Waals surface area contributed by atoms with Crippen LogP contribution in [0.25, 0.3) is 44.5 Å². The SMILES string of the molecule is Cc1ccc2c(n1)n(-c1cccc(Oc3ccc4c5ccccc5n(-c5ccccn5)c4c3)c1)c[n+]2C(C)C. The van der Waals surface area contributed by atoms with Crippen LogP contribution in [0.4, 0.5) is 0 Å². The number of ether oxygens (including phenoxy) is 1. The van der Waals surface area contributed by atoms with Crippen LogP contribution in [0.5, 0.6) is 11.5 Å². The van der Waals surface area contributed by atoms with Gasteiger partial charge in [-0.3, -0.25) is 4.57 Å². The van der Waals surface area contributed by atoms with Gasteiger partial charge in [-0.15, -0.1) is 0 Å². The molecule has 6 heteroatoms. The highest BCUT2D eigenvalue weighted by molar-refractivity contribution is 6.09. The van der Waals surface area contributed by atoms with Crippen LogP contribution in [0, 0.1) is 6.92 Å². The predicted molar refractivity (Wildman–Crippen MR) is 155 cm³/mol. The van der Waals surface area contributed by atoms with Crippen molar-refractivity contribution in [2.75, 3.05) is 0 Å². The third-order valence-electron chi connectivity index (χ3n) is 7.15. The Morgan fingerprint density at radius 3 is 2.44 bits per heavy atom. The van der Waals surface area contributed by atoms with Crippen molar-refractivity contribution < 1.29 is 9.30 Å². The van der Waals surface area contributed by atoms with Crippen molar-refractivity contribution in [2.24, 2.45) is 0 Å². The van der Waals surface area contributed by atoms with Crippen molar-refractivity contribution >= 4 is 33.0 Å². The van der Waals surface area contributed by atoms with Crippen LogP contribution in [-0.2, 0) is 0 Å². The van der Waals surface area contributed by atoms with Gasteiger partial charge in [0.15, 0.2) is 5.52 Å². The maximum atomic E-state index is 6.45. The fourth-order valence-electron chi connectivity index (χ4n) is 5.34. The summed E-state index contributed by atoms with van der Waals surface area (Å²) in [6.07, 6.45) is 3.95. The number of hydrogen-bond acceptors (Lipinski definition) is 3. The van der Waals surface area contributed by atoms with E-state index in [4.69, 9.17) is 9.72 Å². The van der Waals surface area contributed by atoms with Crippen LogP contribution >= 0.6 is 0 Å².